The molecule has 3 N–H and O–H groups in total. The third-order valence-electron chi connectivity index (χ3n) is 4.98. The Morgan fingerprint density at radius 3 is 2.62 bits per heavy atom. The number of aromatic nitrogens is 2. The minimum absolute atomic E-state index is 0. The number of amidine groups is 1. The Balaban J connectivity index is 0.00000289. The standard InChI is InChI=1S/C18H14F5N5O2S.ClH/c19-11-2-1-9(27-14(29)12-4-26-13(5-25-12)18(21,22)23)3-10(11)17-7-30-6-16(17,20)8-31-15(24)28-17;/h1-5H,6-8H2,(H2,24,28)(H,27,29);1H/t16-,17-;/m1./s1. The highest BCUT2D eigenvalue weighted by Crippen LogP contribution is 2.50. The maximum absolute atomic E-state index is 15.6. The Hall–Kier alpha value is -2.51. The molecule has 0 aliphatic carbocycles. The molecule has 14 heteroatoms. The van der Waals surface area contributed by atoms with Crippen molar-refractivity contribution in [1.82, 2.24) is 9.97 Å². The van der Waals surface area contributed by atoms with Crippen molar-refractivity contribution in [3.63, 3.8) is 0 Å². The minimum atomic E-state index is -4.70. The molecule has 0 radical (unpaired) electrons. The van der Waals surface area contributed by atoms with E-state index in [0.717, 1.165) is 17.8 Å². The van der Waals surface area contributed by atoms with E-state index >= 15 is 4.39 Å². The van der Waals surface area contributed by atoms with Gasteiger partial charge >= 0.3 is 6.18 Å². The van der Waals surface area contributed by atoms with E-state index in [-0.39, 0.29) is 47.8 Å². The molecule has 0 spiro atoms. The number of halogens is 6. The number of nitrogens with one attached hydrogen (secondary N) is 1. The molecule has 1 aromatic carbocycles. The summed E-state index contributed by atoms with van der Waals surface area (Å²) in [5.74, 6) is -1.74. The molecule has 2 aliphatic rings. The van der Waals surface area contributed by atoms with Crippen LogP contribution >= 0.6 is 24.2 Å². The van der Waals surface area contributed by atoms with E-state index in [0.29, 0.717) is 12.4 Å². The fourth-order valence-electron chi connectivity index (χ4n) is 3.40. The second-order valence-electron chi connectivity index (χ2n) is 6.99. The van der Waals surface area contributed by atoms with Crippen LogP contribution in [-0.2, 0) is 16.5 Å². The van der Waals surface area contributed by atoms with Crippen LogP contribution in [-0.4, -0.2) is 45.7 Å². The molecule has 1 aromatic heterocycles. The second kappa shape index (κ2) is 8.45. The summed E-state index contributed by atoms with van der Waals surface area (Å²) >= 11 is 0.993. The summed E-state index contributed by atoms with van der Waals surface area (Å²) in [7, 11) is 0. The third-order valence-corrected chi connectivity index (χ3v) is 5.97. The summed E-state index contributed by atoms with van der Waals surface area (Å²) in [6, 6.07) is 3.43. The van der Waals surface area contributed by atoms with Crippen molar-refractivity contribution in [2.45, 2.75) is 17.4 Å². The molecule has 1 saturated heterocycles. The van der Waals surface area contributed by atoms with Gasteiger partial charge in [0.2, 0.25) is 0 Å². The van der Waals surface area contributed by atoms with E-state index in [9.17, 15) is 22.4 Å². The maximum atomic E-state index is 15.6. The van der Waals surface area contributed by atoms with Gasteiger partial charge in [0.15, 0.2) is 22.1 Å². The Morgan fingerprint density at radius 2 is 1.97 bits per heavy atom. The zero-order valence-corrected chi connectivity index (χ0v) is 17.6. The van der Waals surface area contributed by atoms with Crippen LogP contribution in [0.4, 0.5) is 27.6 Å². The number of carbonyl (C=O) groups is 1. The average Bonchev–Trinajstić information content (AvgIpc) is 3.06. The summed E-state index contributed by atoms with van der Waals surface area (Å²) < 4.78 is 73.3. The molecule has 2 aromatic rings. The van der Waals surface area contributed by atoms with Gasteiger partial charge in [-0.15, -0.1) is 12.4 Å². The van der Waals surface area contributed by atoms with Crippen LogP contribution in [0.2, 0.25) is 0 Å². The fraction of sp³-hybridized carbons (Fsp3) is 0.333. The van der Waals surface area contributed by atoms with Crippen molar-refractivity contribution in [1.29, 1.82) is 0 Å². The van der Waals surface area contributed by atoms with Crippen LogP contribution in [0, 0.1) is 5.82 Å². The number of carbonyl (C=O) groups excluding carboxylic acids is 1. The lowest BCUT2D eigenvalue weighted by Crippen LogP contribution is -2.52. The van der Waals surface area contributed by atoms with Gasteiger partial charge < -0.3 is 15.8 Å². The van der Waals surface area contributed by atoms with Gasteiger partial charge in [0.1, 0.15) is 11.5 Å². The summed E-state index contributed by atoms with van der Waals surface area (Å²) in [6.45, 7) is -0.544. The Kier molecular flexibility index (Phi) is 6.37. The largest absolute Gasteiger partial charge is 0.434 e. The molecule has 0 saturated carbocycles. The molecule has 1 fully saturated rings. The van der Waals surface area contributed by atoms with E-state index in [1.807, 2.05) is 0 Å². The number of nitrogens with two attached hydrogens (primary N) is 1. The van der Waals surface area contributed by atoms with Gasteiger partial charge in [-0.2, -0.15) is 13.2 Å². The highest BCUT2D eigenvalue weighted by molar-refractivity contribution is 8.13. The average molecular weight is 496 g/mol. The maximum Gasteiger partial charge on any atom is 0.434 e. The topological polar surface area (TPSA) is 102 Å². The van der Waals surface area contributed by atoms with E-state index in [1.54, 1.807) is 0 Å². The van der Waals surface area contributed by atoms with Gasteiger partial charge in [-0.05, 0) is 18.2 Å². The lowest BCUT2D eigenvalue weighted by molar-refractivity contribution is -0.141. The first-order chi connectivity index (χ1) is 14.5. The monoisotopic (exact) mass is 495 g/mol. The summed E-state index contributed by atoms with van der Waals surface area (Å²) in [5, 5.41) is 2.46. The first kappa shape index (κ1) is 24.1. The molecule has 0 unspecified atom stereocenters. The van der Waals surface area contributed by atoms with Crippen LogP contribution in [0.5, 0.6) is 0 Å². The first-order valence-electron chi connectivity index (χ1n) is 8.79. The summed E-state index contributed by atoms with van der Waals surface area (Å²) in [5.41, 5.74) is 0.283. The Bertz CT molecular complexity index is 1070. The molecular formula is C18H15ClF5N5O2S. The van der Waals surface area contributed by atoms with Crippen molar-refractivity contribution in [3.05, 3.63) is 53.4 Å². The van der Waals surface area contributed by atoms with E-state index in [4.69, 9.17) is 10.5 Å². The number of alkyl halides is 4. The van der Waals surface area contributed by atoms with Gasteiger partial charge in [0.05, 0.1) is 25.6 Å². The van der Waals surface area contributed by atoms with Crippen molar-refractivity contribution in [2.75, 3.05) is 24.3 Å². The smallest absolute Gasteiger partial charge is 0.379 e. The molecular weight excluding hydrogens is 481 g/mol. The van der Waals surface area contributed by atoms with Gasteiger partial charge in [-0.1, -0.05) is 11.8 Å². The van der Waals surface area contributed by atoms with Crippen LogP contribution in [0.25, 0.3) is 0 Å². The first-order valence-corrected chi connectivity index (χ1v) is 9.78. The molecule has 1 amide bonds. The predicted molar refractivity (Wildman–Crippen MR) is 109 cm³/mol. The third kappa shape index (κ3) is 4.11. The van der Waals surface area contributed by atoms with Gasteiger partial charge in [-0.3, -0.25) is 4.79 Å². The number of amides is 1. The molecule has 2 aliphatic heterocycles. The Labute approximate surface area is 188 Å². The summed E-state index contributed by atoms with van der Waals surface area (Å²) in [4.78, 5) is 23.1. The SMILES string of the molecule is Cl.NC1=N[C@@]2(c3cc(NC(=O)c4cnc(C(F)(F)F)cn4)ccc3F)COC[C@@]2(F)CS1. The number of fused-ring (bicyclic) bond motifs is 1. The number of thioether (sulfide) groups is 1. The molecule has 0 bridgehead atoms. The van der Waals surface area contributed by atoms with Crippen molar-refractivity contribution < 1.29 is 31.5 Å². The van der Waals surface area contributed by atoms with Crippen molar-refractivity contribution >= 4 is 40.9 Å². The number of benzene rings is 1. The molecule has 4 rings (SSSR count). The lowest BCUT2D eigenvalue weighted by Gasteiger charge is -2.38. The van der Waals surface area contributed by atoms with Crippen LogP contribution in [0.3, 0.4) is 0 Å². The molecule has 32 heavy (non-hydrogen) atoms. The quantitative estimate of drug-likeness (QED) is 0.633. The molecule has 2 atom stereocenters. The number of hydrogen-bond acceptors (Lipinski definition) is 7. The van der Waals surface area contributed by atoms with Crippen molar-refractivity contribution in [2.24, 2.45) is 10.7 Å². The normalized spacial score (nSPS) is 24.8. The Morgan fingerprint density at radius 1 is 1.22 bits per heavy atom. The van der Waals surface area contributed by atoms with Gasteiger partial charge in [0, 0.05) is 17.0 Å². The van der Waals surface area contributed by atoms with Gasteiger partial charge in [0.25, 0.3) is 5.91 Å². The fourth-order valence-corrected chi connectivity index (χ4v) is 4.32. The minimum Gasteiger partial charge on any atom is -0.379 e. The van der Waals surface area contributed by atoms with Crippen LogP contribution in [0.15, 0.2) is 35.6 Å². The van der Waals surface area contributed by atoms with Crippen LogP contribution < -0.4 is 11.1 Å². The number of anilines is 1. The highest BCUT2D eigenvalue weighted by Gasteiger charge is 2.61. The molecule has 3 heterocycles. The predicted octanol–water partition coefficient (Wildman–Crippen LogP) is 3.30. The highest BCUT2D eigenvalue weighted by atomic mass is 35.5. The zero-order chi connectivity index (χ0) is 22.4. The lowest BCUT2D eigenvalue weighted by atomic mass is 9.79. The molecule has 172 valence electrons. The van der Waals surface area contributed by atoms with E-state index in [1.165, 1.54) is 12.1 Å². The van der Waals surface area contributed by atoms with E-state index in [2.05, 4.69) is 20.3 Å². The summed E-state index contributed by atoms with van der Waals surface area (Å²) in [6.07, 6.45) is -3.60. The van der Waals surface area contributed by atoms with E-state index < -0.39 is 40.5 Å². The number of aliphatic imine (C=N–C) groups is 1. The van der Waals surface area contributed by atoms with Gasteiger partial charge in [-0.25, -0.2) is 23.7 Å². The number of hydrogen-bond donors (Lipinski definition) is 2. The number of rotatable bonds is 3. The zero-order valence-electron chi connectivity index (χ0n) is 15.9. The number of ether oxygens (including phenoxy) is 1. The molecule has 7 nitrogen and oxygen atoms in total. The second-order valence-corrected chi connectivity index (χ2v) is 7.99. The van der Waals surface area contributed by atoms with Crippen molar-refractivity contribution in [3.8, 4) is 0 Å². The number of nitrogens with zero attached hydrogens (tertiary/aromatic N) is 3. The van der Waals surface area contributed by atoms with Crippen LogP contribution in [0.1, 0.15) is 21.7 Å².